The predicted molar refractivity (Wildman–Crippen MR) is 90.0 cm³/mol. The van der Waals surface area contributed by atoms with Crippen LogP contribution in [-0.2, 0) is 0 Å². The van der Waals surface area contributed by atoms with Crippen molar-refractivity contribution in [2.24, 2.45) is 0 Å². The topological polar surface area (TPSA) is 29.5 Å². The molecule has 0 aliphatic heterocycles. The minimum Gasteiger partial charge on any atom is -0.496 e. The van der Waals surface area contributed by atoms with E-state index >= 15 is 0 Å². The lowest BCUT2D eigenvalue weighted by Crippen LogP contribution is -2.07. The van der Waals surface area contributed by atoms with Gasteiger partial charge in [-0.25, -0.2) is 0 Å². The van der Waals surface area contributed by atoms with E-state index in [4.69, 9.17) is 4.74 Å². The minimum absolute atomic E-state index is 0.0394. The molecule has 0 heterocycles. The second-order valence-corrected chi connectivity index (χ2v) is 5.92. The Morgan fingerprint density at radius 3 is 2.57 bits per heavy atom. The maximum Gasteiger partial charge on any atom is 0.190 e. The SMILES string of the molecule is COc1ccc2cc(C(=O)C(C)=CN(C)C)ccc2c1Br. The second-order valence-electron chi connectivity index (χ2n) is 5.12. The van der Waals surface area contributed by atoms with Gasteiger partial charge in [0, 0.05) is 31.4 Å². The predicted octanol–water partition coefficient (Wildman–Crippen LogP) is 4.26. The van der Waals surface area contributed by atoms with Gasteiger partial charge in [0.15, 0.2) is 5.78 Å². The van der Waals surface area contributed by atoms with E-state index in [-0.39, 0.29) is 5.78 Å². The van der Waals surface area contributed by atoms with Gasteiger partial charge in [0.2, 0.25) is 0 Å². The summed E-state index contributed by atoms with van der Waals surface area (Å²) in [7, 11) is 5.44. The molecule has 0 amide bonds. The number of ketones is 1. The molecule has 0 saturated carbocycles. The molecule has 0 fully saturated rings. The number of benzene rings is 2. The number of rotatable bonds is 4. The van der Waals surface area contributed by atoms with Gasteiger partial charge < -0.3 is 9.64 Å². The Labute approximate surface area is 133 Å². The fourth-order valence-electron chi connectivity index (χ4n) is 2.24. The third-order valence-corrected chi connectivity index (χ3v) is 4.03. The van der Waals surface area contributed by atoms with E-state index in [1.165, 1.54) is 0 Å². The highest BCUT2D eigenvalue weighted by atomic mass is 79.9. The molecule has 0 saturated heterocycles. The molecule has 0 bridgehead atoms. The average Bonchev–Trinajstić information content (AvgIpc) is 2.45. The first kappa shape index (κ1) is 15.6. The van der Waals surface area contributed by atoms with E-state index < -0.39 is 0 Å². The molecule has 0 aliphatic rings. The summed E-state index contributed by atoms with van der Waals surface area (Å²) in [6.45, 7) is 1.83. The van der Waals surface area contributed by atoms with Crippen LogP contribution in [0.3, 0.4) is 0 Å². The number of carbonyl (C=O) groups is 1. The minimum atomic E-state index is 0.0394. The lowest BCUT2D eigenvalue weighted by molar-refractivity contribution is 0.103. The summed E-state index contributed by atoms with van der Waals surface area (Å²) >= 11 is 3.54. The van der Waals surface area contributed by atoms with Gasteiger partial charge in [-0.2, -0.15) is 0 Å². The number of halogens is 1. The van der Waals surface area contributed by atoms with Gasteiger partial charge in [-0.05, 0) is 45.8 Å². The number of hydrogen-bond donors (Lipinski definition) is 0. The number of methoxy groups -OCH3 is 1. The van der Waals surface area contributed by atoms with Crippen LogP contribution in [0.25, 0.3) is 10.8 Å². The van der Waals surface area contributed by atoms with Crippen molar-refractivity contribution >= 4 is 32.5 Å². The van der Waals surface area contributed by atoms with Gasteiger partial charge in [-0.15, -0.1) is 0 Å². The molecular weight excluding hydrogens is 330 g/mol. The fraction of sp³-hybridized carbons (Fsp3) is 0.235. The maximum absolute atomic E-state index is 12.4. The number of carbonyl (C=O) groups excluding carboxylic acids is 1. The Bertz CT molecular complexity index is 720. The zero-order valence-corrected chi connectivity index (χ0v) is 14.2. The van der Waals surface area contributed by atoms with Gasteiger partial charge in [0.05, 0.1) is 11.6 Å². The second kappa shape index (κ2) is 6.31. The van der Waals surface area contributed by atoms with Crippen LogP contribution in [0.5, 0.6) is 5.75 Å². The monoisotopic (exact) mass is 347 g/mol. The van der Waals surface area contributed by atoms with Gasteiger partial charge in [0.25, 0.3) is 0 Å². The normalized spacial score (nSPS) is 11.6. The Morgan fingerprint density at radius 1 is 1.24 bits per heavy atom. The van der Waals surface area contributed by atoms with Crippen molar-refractivity contribution in [3.63, 3.8) is 0 Å². The Kier molecular flexibility index (Phi) is 4.68. The molecule has 21 heavy (non-hydrogen) atoms. The summed E-state index contributed by atoms with van der Waals surface area (Å²) < 4.78 is 6.19. The third kappa shape index (κ3) is 3.27. The molecule has 2 aromatic rings. The molecule has 0 N–H and O–H groups in total. The summed E-state index contributed by atoms with van der Waals surface area (Å²) in [6.07, 6.45) is 1.83. The molecule has 0 aromatic heterocycles. The van der Waals surface area contributed by atoms with Crippen LogP contribution in [0.1, 0.15) is 17.3 Å². The van der Waals surface area contributed by atoms with Crippen LogP contribution in [0, 0.1) is 0 Å². The van der Waals surface area contributed by atoms with Crippen molar-refractivity contribution in [1.29, 1.82) is 0 Å². The Hall–Kier alpha value is -1.81. The highest BCUT2D eigenvalue weighted by Crippen LogP contribution is 2.33. The number of nitrogens with zero attached hydrogens (tertiary/aromatic N) is 1. The molecule has 0 unspecified atom stereocenters. The van der Waals surface area contributed by atoms with Crippen LogP contribution in [0.4, 0.5) is 0 Å². The summed E-state index contributed by atoms with van der Waals surface area (Å²) in [5, 5.41) is 2.03. The molecule has 0 aliphatic carbocycles. The maximum atomic E-state index is 12.4. The summed E-state index contributed by atoms with van der Waals surface area (Å²) in [4.78, 5) is 14.3. The first-order valence-corrected chi connectivity index (χ1v) is 7.39. The summed E-state index contributed by atoms with van der Waals surface area (Å²) in [5.41, 5.74) is 1.40. The molecule has 0 spiro atoms. The third-order valence-electron chi connectivity index (χ3n) is 3.21. The van der Waals surface area contributed by atoms with Crippen LogP contribution >= 0.6 is 15.9 Å². The molecule has 110 valence electrons. The van der Waals surface area contributed by atoms with Crippen molar-refractivity contribution in [2.75, 3.05) is 21.2 Å². The molecule has 2 aromatic carbocycles. The van der Waals surface area contributed by atoms with Crippen molar-refractivity contribution in [1.82, 2.24) is 4.90 Å². The van der Waals surface area contributed by atoms with Crippen molar-refractivity contribution < 1.29 is 9.53 Å². The highest BCUT2D eigenvalue weighted by Gasteiger charge is 2.11. The first-order valence-electron chi connectivity index (χ1n) is 6.60. The molecule has 2 rings (SSSR count). The van der Waals surface area contributed by atoms with Crippen molar-refractivity contribution in [2.45, 2.75) is 6.92 Å². The first-order chi connectivity index (χ1) is 9.93. The van der Waals surface area contributed by atoms with E-state index in [2.05, 4.69) is 15.9 Å². The molecule has 0 radical (unpaired) electrons. The quantitative estimate of drug-likeness (QED) is 0.611. The van der Waals surface area contributed by atoms with E-state index in [1.54, 1.807) is 7.11 Å². The zero-order valence-electron chi connectivity index (χ0n) is 12.6. The number of hydrogen-bond acceptors (Lipinski definition) is 3. The van der Waals surface area contributed by atoms with Gasteiger partial charge >= 0.3 is 0 Å². The number of ether oxygens (including phenoxy) is 1. The lowest BCUT2D eigenvalue weighted by atomic mass is 10.0. The number of allylic oxidation sites excluding steroid dienone is 1. The van der Waals surface area contributed by atoms with E-state index in [0.29, 0.717) is 11.1 Å². The van der Waals surface area contributed by atoms with Crippen LogP contribution in [-0.4, -0.2) is 31.9 Å². The van der Waals surface area contributed by atoms with Crippen LogP contribution < -0.4 is 4.74 Å². The number of fused-ring (bicyclic) bond motifs is 1. The molecule has 3 nitrogen and oxygen atoms in total. The van der Waals surface area contributed by atoms with Crippen LogP contribution in [0.15, 0.2) is 46.6 Å². The molecular formula is C17H18BrNO2. The smallest absolute Gasteiger partial charge is 0.190 e. The summed E-state index contributed by atoms with van der Waals surface area (Å²) in [6, 6.07) is 9.55. The largest absolute Gasteiger partial charge is 0.496 e. The molecule has 4 heteroatoms. The Balaban J connectivity index is 2.47. The van der Waals surface area contributed by atoms with E-state index in [0.717, 1.165) is 21.0 Å². The highest BCUT2D eigenvalue weighted by molar-refractivity contribution is 9.10. The van der Waals surface area contributed by atoms with E-state index in [1.807, 2.05) is 62.5 Å². The van der Waals surface area contributed by atoms with Gasteiger partial charge in [0.1, 0.15) is 5.75 Å². The van der Waals surface area contributed by atoms with Gasteiger partial charge in [-0.1, -0.05) is 18.2 Å². The van der Waals surface area contributed by atoms with Crippen molar-refractivity contribution in [3.8, 4) is 5.75 Å². The standard InChI is InChI=1S/C17H18BrNO2/c1-11(10-19(2)3)17(20)13-5-7-14-12(9-13)6-8-15(21-4)16(14)18/h5-10H,1-4H3. The Morgan fingerprint density at radius 2 is 1.95 bits per heavy atom. The number of Topliss-reactive ketones (excluding diaryl/α,β-unsaturated/α-hetero) is 1. The van der Waals surface area contributed by atoms with E-state index in [9.17, 15) is 4.79 Å². The average molecular weight is 348 g/mol. The lowest BCUT2D eigenvalue weighted by Gasteiger charge is -2.10. The zero-order chi connectivity index (χ0) is 15.6. The summed E-state index contributed by atoms with van der Waals surface area (Å²) in [5.74, 6) is 0.822. The van der Waals surface area contributed by atoms with Crippen molar-refractivity contribution in [3.05, 3.63) is 52.1 Å². The van der Waals surface area contributed by atoms with Gasteiger partial charge in [-0.3, -0.25) is 4.79 Å². The van der Waals surface area contributed by atoms with Crippen LogP contribution in [0.2, 0.25) is 0 Å². The molecule has 0 atom stereocenters. The fourth-order valence-corrected chi connectivity index (χ4v) is 2.90.